The van der Waals surface area contributed by atoms with Crippen molar-refractivity contribution in [2.24, 2.45) is 5.92 Å². The summed E-state index contributed by atoms with van der Waals surface area (Å²) in [5.41, 5.74) is 7.01. The first-order valence-corrected chi connectivity index (χ1v) is 10.9. The van der Waals surface area contributed by atoms with E-state index in [1.54, 1.807) is 6.26 Å². The van der Waals surface area contributed by atoms with E-state index >= 15 is 0 Å². The summed E-state index contributed by atoms with van der Waals surface area (Å²) in [4.78, 5) is 12.5. The predicted octanol–water partition coefficient (Wildman–Crippen LogP) is 5.79. The fraction of sp³-hybridized carbons (Fsp3) is 0.222. The number of fused-ring (bicyclic) bond motifs is 1. The topological polar surface area (TPSA) is 47.2 Å². The number of benzene rings is 2. The molecule has 1 amide bonds. The fourth-order valence-electron chi connectivity index (χ4n) is 4.47. The van der Waals surface area contributed by atoms with Gasteiger partial charge < -0.3 is 14.3 Å². The molecule has 0 bridgehead atoms. The maximum Gasteiger partial charge on any atom is 0.251 e. The lowest BCUT2D eigenvalue weighted by molar-refractivity contribution is 0.0948. The minimum Gasteiger partial charge on any atom is -0.467 e. The molecule has 4 nitrogen and oxygen atoms in total. The Labute approximate surface area is 182 Å². The lowest BCUT2D eigenvalue weighted by Crippen LogP contribution is -2.22. The van der Waals surface area contributed by atoms with Gasteiger partial charge in [-0.15, -0.1) is 0 Å². The van der Waals surface area contributed by atoms with Gasteiger partial charge in [0.15, 0.2) is 0 Å². The summed E-state index contributed by atoms with van der Waals surface area (Å²) in [6.07, 6.45) is 5.02. The van der Waals surface area contributed by atoms with E-state index in [1.807, 2.05) is 36.4 Å². The molecule has 0 saturated heterocycles. The lowest BCUT2D eigenvalue weighted by Gasteiger charge is -2.21. The summed E-state index contributed by atoms with van der Waals surface area (Å²) in [7, 11) is 0. The van der Waals surface area contributed by atoms with Crippen molar-refractivity contribution >= 4 is 5.91 Å². The second-order valence-electron chi connectivity index (χ2n) is 8.36. The molecule has 31 heavy (non-hydrogen) atoms. The van der Waals surface area contributed by atoms with Gasteiger partial charge in [-0.1, -0.05) is 37.3 Å². The van der Waals surface area contributed by atoms with Gasteiger partial charge in [-0.05, 0) is 78.8 Å². The van der Waals surface area contributed by atoms with Crippen molar-refractivity contribution in [1.29, 1.82) is 0 Å². The first kappa shape index (κ1) is 19.4. The van der Waals surface area contributed by atoms with Crippen LogP contribution in [0.15, 0.2) is 83.5 Å². The summed E-state index contributed by atoms with van der Waals surface area (Å²) in [6.45, 7) is 2.72. The molecule has 0 fully saturated rings. The zero-order valence-electron chi connectivity index (χ0n) is 17.7. The van der Waals surface area contributed by atoms with Gasteiger partial charge in [0.2, 0.25) is 0 Å². The van der Waals surface area contributed by atoms with Gasteiger partial charge in [0, 0.05) is 16.9 Å². The van der Waals surface area contributed by atoms with E-state index in [9.17, 15) is 4.79 Å². The highest BCUT2D eigenvalue weighted by molar-refractivity contribution is 5.94. The number of rotatable bonds is 5. The Morgan fingerprint density at radius 1 is 1.06 bits per heavy atom. The van der Waals surface area contributed by atoms with Crippen molar-refractivity contribution in [3.05, 3.63) is 102 Å². The quantitative estimate of drug-likeness (QED) is 0.452. The zero-order chi connectivity index (χ0) is 21.2. The van der Waals surface area contributed by atoms with Crippen LogP contribution in [0.2, 0.25) is 0 Å². The van der Waals surface area contributed by atoms with Crippen molar-refractivity contribution in [1.82, 2.24) is 9.88 Å². The third-order valence-electron chi connectivity index (χ3n) is 6.10. The SMILES string of the molecule is CC1CCc2c(cc(-c3ccccc3)n2-c2ccc(C(=O)NCc3ccco3)cc2)C1. The monoisotopic (exact) mass is 410 g/mol. The molecule has 1 unspecified atom stereocenters. The van der Waals surface area contributed by atoms with Crippen LogP contribution >= 0.6 is 0 Å². The molecular weight excluding hydrogens is 384 g/mol. The van der Waals surface area contributed by atoms with Crippen molar-refractivity contribution in [3.8, 4) is 16.9 Å². The van der Waals surface area contributed by atoms with Gasteiger partial charge in [-0.2, -0.15) is 0 Å². The molecule has 2 heterocycles. The Kier molecular flexibility index (Phi) is 5.21. The molecule has 4 heteroatoms. The number of carbonyl (C=O) groups excluding carboxylic acids is 1. The molecule has 0 radical (unpaired) electrons. The number of carbonyl (C=O) groups is 1. The Hall–Kier alpha value is -3.53. The Morgan fingerprint density at radius 3 is 2.61 bits per heavy atom. The van der Waals surface area contributed by atoms with Gasteiger partial charge >= 0.3 is 0 Å². The number of nitrogens with zero attached hydrogens (tertiary/aromatic N) is 1. The fourth-order valence-corrected chi connectivity index (χ4v) is 4.47. The van der Waals surface area contributed by atoms with Crippen LogP contribution < -0.4 is 5.32 Å². The Bertz CT molecular complexity index is 1170. The van der Waals surface area contributed by atoms with Crippen LogP contribution in [0.5, 0.6) is 0 Å². The molecule has 1 N–H and O–H groups in total. The predicted molar refractivity (Wildman–Crippen MR) is 122 cm³/mol. The largest absolute Gasteiger partial charge is 0.467 e. The van der Waals surface area contributed by atoms with Gasteiger partial charge in [-0.25, -0.2) is 0 Å². The van der Waals surface area contributed by atoms with E-state index in [-0.39, 0.29) is 5.91 Å². The smallest absolute Gasteiger partial charge is 0.251 e. The van der Waals surface area contributed by atoms with E-state index in [0.29, 0.717) is 18.0 Å². The molecule has 1 aliphatic rings. The summed E-state index contributed by atoms with van der Waals surface area (Å²) in [6, 6.07) is 24.5. The van der Waals surface area contributed by atoms with Crippen LogP contribution in [0.1, 0.15) is 40.7 Å². The van der Waals surface area contributed by atoms with Crippen LogP contribution in [0.3, 0.4) is 0 Å². The van der Waals surface area contributed by atoms with E-state index in [4.69, 9.17) is 4.42 Å². The molecule has 1 aliphatic carbocycles. The highest BCUT2D eigenvalue weighted by Crippen LogP contribution is 2.35. The maximum absolute atomic E-state index is 12.5. The zero-order valence-corrected chi connectivity index (χ0v) is 17.7. The van der Waals surface area contributed by atoms with E-state index in [0.717, 1.165) is 24.3 Å². The van der Waals surface area contributed by atoms with Gasteiger partial charge in [-0.3, -0.25) is 4.79 Å². The second kappa shape index (κ2) is 8.31. The second-order valence-corrected chi connectivity index (χ2v) is 8.36. The highest BCUT2D eigenvalue weighted by atomic mass is 16.3. The highest BCUT2D eigenvalue weighted by Gasteiger charge is 2.23. The molecule has 0 aliphatic heterocycles. The molecule has 0 spiro atoms. The Morgan fingerprint density at radius 2 is 1.87 bits per heavy atom. The number of hydrogen-bond donors (Lipinski definition) is 1. The third kappa shape index (κ3) is 3.93. The molecule has 2 aromatic heterocycles. The summed E-state index contributed by atoms with van der Waals surface area (Å²) < 4.78 is 7.66. The van der Waals surface area contributed by atoms with Crippen LogP contribution in [-0.4, -0.2) is 10.5 Å². The van der Waals surface area contributed by atoms with Crippen LogP contribution in [-0.2, 0) is 19.4 Å². The number of aromatic nitrogens is 1. The summed E-state index contributed by atoms with van der Waals surface area (Å²) >= 11 is 0. The van der Waals surface area contributed by atoms with Crippen LogP contribution in [0.4, 0.5) is 0 Å². The third-order valence-corrected chi connectivity index (χ3v) is 6.10. The number of hydrogen-bond acceptors (Lipinski definition) is 2. The van der Waals surface area contributed by atoms with E-state index in [1.165, 1.54) is 28.9 Å². The van der Waals surface area contributed by atoms with Crippen LogP contribution in [0, 0.1) is 5.92 Å². The molecule has 0 saturated carbocycles. The standard InChI is InChI=1S/C27H26N2O2/c1-19-9-14-25-22(16-19)17-26(20-6-3-2-4-7-20)29(25)23-12-10-21(11-13-23)27(30)28-18-24-8-5-15-31-24/h2-8,10-13,15,17,19H,9,14,16,18H2,1H3,(H,28,30). The number of furan rings is 1. The number of amides is 1. The van der Waals surface area contributed by atoms with Crippen molar-refractivity contribution in [2.45, 2.75) is 32.7 Å². The molecular formula is C27H26N2O2. The van der Waals surface area contributed by atoms with Crippen molar-refractivity contribution in [2.75, 3.05) is 0 Å². The van der Waals surface area contributed by atoms with Gasteiger partial charge in [0.25, 0.3) is 5.91 Å². The molecule has 5 rings (SSSR count). The lowest BCUT2D eigenvalue weighted by atomic mass is 9.89. The minimum atomic E-state index is -0.102. The van der Waals surface area contributed by atoms with Crippen molar-refractivity contribution in [3.63, 3.8) is 0 Å². The number of nitrogens with one attached hydrogen (secondary N) is 1. The first-order chi connectivity index (χ1) is 15.2. The Balaban J connectivity index is 1.46. The van der Waals surface area contributed by atoms with E-state index < -0.39 is 0 Å². The van der Waals surface area contributed by atoms with E-state index in [2.05, 4.69) is 53.2 Å². The minimum absolute atomic E-state index is 0.102. The average Bonchev–Trinajstić information content (AvgIpc) is 3.46. The normalized spacial score (nSPS) is 15.5. The molecule has 2 aromatic carbocycles. The summed E-state index contributed by atoms with van der Waals surface area (Å²) in [5.74, 6) is 1.35. The summed E-state index contributed by atoms with van der Waals surface area (Å²) in [5, 5.41) is 2.91. The molecule has 156 valence electrons. The average molecular weight is 411 g/mol. The van der Waals surface area contributed by atoms with Gasteiger partial charge in [0.1, 0.15) is 5.76 Å². The molecule has 1 atom stereocenters. The van der Waals surface area contributed by atoms with Gasteiger partial charge in [0.05, 0.1) is 18.5 Å². The van der Waals surface area contributed by atoms with Crippen molar-refractivity contribution < 1.29 is 9.21 Å². The first-order valence-electron chi connectivity index (χ1n) is 10.9. The maximum atomic E-state index is 12.5. The van der Waals surface area contributed by atoms with Crippen LogP contribution in [0.25, 0.3) is 16.9 Å². The molecule has 4 aromatic rings.